The van der Waals surface area contributed by atoms with Gasteiger partial charge in [0, 0.05) is 24.8 Å². The largest absolute Gasteiger partial charge is 0.348 e. The van der Waals surface area contributed by atoms with Gasteiger partial charge in [0.25, 0.3) is 0 Å². The van der Waals surface area contributed by atoms with Crippen LogP contribution in [0, 0.1) is 26.6 Å². The first-order valence-electron chi connectivity index (χ1n) is 11.0. The van der Waals surface area contributed by atoms with Gasteiger partial charge in [0.2, 0.25) is 10.0 Å². The number of hydrogen-bond donors (Lipinski definition) is 2. The van der Waals surface area contributed by atoms with Gasteiger partial charge in [-0.3, -0.25) is 9.59 Å². The summed E-state index contributed by atoms with van der Waals surface area (Å²) in [4.78, 5) is 24.6. The molecule has 0 spiro atoms. The summed E-state index contributed by atoms with van der Waals surface area (Å²) in [6.07, 6.45) is 2.65. The average Bonchev–Trinajstić information content (AvgIpc) is 2.78. The third kappa shape index (κ3) is 5.78. The van der Waals surface area contributed by atoms with E-state index < -0.39 is 27.7 Å². The Morgan fingerprint density at radius 1 is 1.06 bits per heavy atom. The van der Waals surface area contributed by atoms with Crippen molar-refractivity contribution in [1.82, 2.24) is 9.62 Å². The van der Waals surface area contributed by atoms with E-state index in [9.17, 15) is 22.4 Å². The molecular weight excluding hydrogens is 445 g/mol. The van der Waals surface area contributed by atoms with Crippen molar-refractivity contribution < 1.29 is 22.4 Å². The highest BCUT2D eigenvalue weighted by molar-refractivity contribution is 7.89. The summed E-state index contributed by atoms with van der Waals surface area (Å²) in [6.45, 7) is 5.84. The summed E-state index contributed by atoms with van der Waals surface area (Å²) in [5.74, 6) is -1.99. The van der Waals surface area contributed by atoms with Crippen LogP contribution in [0.4, 0.5) is 10.1 Å². The molecule has 3 rings (SSSR count). The van der Waals surface area contributed by atoms with E-state index in [0.29, 0.717) is 25.1 Å². The van der Waals surface area contributed by atoms with Crippen LogP contribution in [0.15, 0.2) is 41.3 Å². The molecule has 2 aromatic rings. The third-order valence-electron chi connectivity index (χ3n) is 6.13. The highest BCUT2D eigenvalue weighted by atomic mass is 32.2. The fraction of sp³-hybridized carbons (Fsp3) is 0.417. The highest BCUT2D eigenvalue weighted by Crippen LogP contribution is 2.28. The zero-order chi connectivity index (χ0) is 24.2. The second kappa shape index (κ2) is 10.4. The standard InChI is InChI=1S/C24H30FN3O4S/c1-16-7-6-9-22(18(16)3)27-24(30)23(29)26-13-12-19-8-4-5-14-28(19)33(31,32)20-10-11-21(25)17(2)15-20/h6-7,9-11,15,19H,4-5,8,12-14H2,1-3H3,(H,26,29)(H,27,30). The number of benzene rings is 2. The van der Waals surface area contributed by atoms with Crippen LogP contribution in [0.25, 0.3) is 0 Å². The molecule has 0 radical (unpaired) electrons. The van der Waals surface area contributed by atoms with E-state index in [1.54, 1.807) is 12.1 Å². The maximum Gasteiger partial charge on any atom is 0.313 e. The summed E-state index contributed by atoms with van der Waals surface area (Å²) in [7, 11) is -3.79. The maximum atomic E-state index is 13.6. The summed E-state index contributed by atoms with van der Waals surface area (Å²) in [5.41, 5.74) is 2.74. The lowest BCUT2D eigenvalue weighted by Gasteiger charge is -2.34. The molecule has 1 aliphatic heterocycles. The van der Waals surface area contributed by atoms with Crippen LogP contribution in [0.5, 0.6) is 0 Å². The molecule has 178 valence electrons. The van der Waals surface area contributed by atoms with E-state index in [-0.39, 0.29) is 23.0 Å². The van der Waals surface area contributed by atoms with Gasteiger partial charge in [0.1, 0.15) is 5.82 Å². The Hall–Kier alpha value is -2.78. The molecule has 0 aliphatic carbocycles. The van der Waals surface area contributed by atoms with Gasteiger partial charge in [-0.1, -0.05) is 18.6 Å². The molecule has 0 bridgehead atoms. The highest BCUT2D eigenvalue weighted by Gasteiger charge is 2.33. The molecule has 9 heteroatoms. The monoisotopic (exact) mass is 475 g/mol. The molecule has 1 aliphatic rings. The van der Waals surface area contributed by atoms with Crippen molar-refractivity contribution in [2.45, 2.75) is 57.4 Å². The maximum absolute atomic E-state index is 13.6. The first kappa shape index (κ1) is 24.9. The van der Waals surface area contributed by atoms with E-state index in [0.717, 1.165) is 30.0 Å². The van der Waals surface area contributed by atoms with Crippen molar-refractivity contribution in [3.63, 3.8) is 0 Å². The molecule has 2 aromatic carbocycles. The minimum Gasteiger partial charge on any atom is -0.348 e. The number of aryl methyl sites for hydroxylation is 2. The van der Waals surface area contributed by atoms with E-state index in [2.05, 4.69) is 10.6 Å². The van der Waals surface area contributed by atoms with E-state index >= 15 is 0 Å². The smallest absolute Gasteiger partial charge is 0.313 e. The predicted octanol–water partition coefficient (Wildman–Crippen LogP) is 3.44. The zero-order valence-electron chi connectivity index (χ0n) is 19.2. The van der Waals surface area contributed by atoms with Crippen molar-refractivity contribution >= 4 is 27.5 Å². The Bertz CT molecular complexity index is 1150. The van der Waals surface area contributed by atoms with Crippen molar-refractivity contribution in [3.05, 3.63) is 58.9 Å². The third-order valence-corrected chi connectivity index (χ3v) is 8.08. The normalized spacial score (nSPS) is 16.9. The number of carbonyl (C=O) groups is 2. The summed E-state index contributed by atoms with van der Waals surface area (Å²) >= 11 is 0. The molecule has 1 heterocycles. The molecule has 7 nitrogen and oxygen atoms in total. The molecule has 2 N–H and O–H groups in total. The lowest BCUT2D eigenvalue weighted by molar-refractivity contribution is -0.136. The number of rotatable bonds is 6. The molecule has 0 saturated carbocycles. The number of hydrogen-bond acceptors (Lipinski definition) is 4. The number of carbonyl (C=O) groups excluding carboxylic acids is 2. The molecule has 1 atom stereocenters. The lowest BCUT2D eigenvalue weighted by atomic mass is 10.0. The van der Waals surface area contributed by atoms with Crippen LogP contribution >= 0.6 is 0 Å². The van der Waals surface area contributed by atoms with Gasteiger partial charge in [-0.2, -0.15) is 4.31 Å². The Balaban J connectivity index is 1.61. The number of amides is 2. The summed E-state index contributed by atoms with van der Waals surface area (Å²) < 4.78 is 41.4. The van der Waals surface area contributed by atoms with Gasteiger partial charge < -0.3 is 10.6 Å². The fourth-order valence-corrected chi connectivity index (χ4v) is 5.80. The Morgan fingerprint density at radius 3 is 2.55 bits per heavy atom. The van der Waals surface area contributed by atoms with Crippen LogP contribution in [0.3, 0.4) is 0 Å². The molecule has 1 saturated heterocycles. The molecular formula is C24H30FN3O4S. The van der Waals surface area contributed by atoms with Crippen molar-refractivity contribution in [1.29, 1.82) is 0 Å². The summed E-state index contributed by atoms with van der Waals surface area (Å²) in [5, 5.41) is 5.21. The van der Waals surface area contributed by atoms with Gasteiger partial charge in [0.05, 0.1) is 4.90 Å². The van der Waals surface area contributed by atoms with E-state index in [1.165, 1.54) is 23.4 Å². The second-order valence-corrected chi connectivity index (χ2v) is 10.3. The number of nitrogens with zero attached hydrogens (tertiary/aromatic N) is 1. The quantitative estimate of drug-likeness (QED) is 0.626. The Kier molecular flexibility index (Phi) is 7.86. The molecule has 33 heavy (non-hydrogen) atoms. The van der Waals surface area contributed by atoms with Gasteiger partial charge in [0.15, 0.2) is 0 Å². The first-order chi connectivity index (χ1) is 15.6. The van der Waals surface area contributed by atoms with Crippen LogP contribution in [0.1, 0.15) is 42.4 Å². The van der Waals surface area contributed by atoms with Crippen LogP contribution in [0.2, 0.25) is 0 Å². The molecule has 1 unspecified atom stereocenters. The molecule has 1 fully saturated rings. The number of sulfonamides is 1. The van der Waals surface area contributed by atoms with E-state index in [1.807, 2.05) is 19.9 Å². The average molecular weight is 476 g/mol. The lowest BCUT2D eigenvalue weighted by Crippen LogP contribution is -2.45. The number of piperidine rings is 1. The topological polar surface area (TPSA) is 95.6 Å². The number of halogens is 1. The van der Waals surface area contributed by atoms with Gasteiger partial charge in [-0.25, -0.2) is 12.8 Å². The van der Waals surface area contributed by atoms with Crippen molar-refractivity contribution in [2.75, 3.05) is 18.4 Å². The van der Waals surface area contributed by atoms with Gasteiger partial charge in [-0.05, 0) is 81.0 Å². The predicted molar refractivity (Wildman–Crippen MR) is 125 cm³/mol. The van der Waals surface area contributed by atoms with Crippen LogP contribution < -0.4 is 10.6 Å². The molecule has 2 amide bonds. The summed E-state index contributed by atoms with van der Waals surface area (Å²) in [6, 6.07) is 8.93. The SMILES string of the molecule is Cc1cc(S(=O)(=O)N2CCCCC2CCNC(=O)C(=O)Nc2cccc(C)c2C)ccc1F. The van der Waals surface area contributed by atoms with Crippen LogP contribution in [-0.2, 0) is 19.6 Å². The molecule has 0 aromatic heterocycles. The van der Waals surface area contributed by atoms with Crippen molar-refractivity contribution in [2.24, 2.45) is 0 Å². The Morgan fingerprint density at radius 2 is 1.82 bits per heavy atom. The fourth-order valence-electron chi connectivity index (χ4n) is 3.99. The number of anilines is 1. The minimum atomic E-state index is -3.79. The van der Waals surface area contributed by atoms with Gasteiger partial charge >= 0.3 is 11.8 Å². The first-order valence-corrected chi connectivity index (χ1v) is 12.5. The second-order valence-electron chi connectivity index (χ2n) is 8.42. The van der Waals surface area contributed by atoms with Gasteiger partial charge in [-0.15, -0.1) is 0 Å². The minimum absolute atomic E-state index is 0.0604. The van der Waals surface area contributed by atoms with Crippen molar-refractivity contribution in [3.8, 4) is 0 Å². The Labute approximate surface area is 194 Å². The number of nitrogens with one attached hydrogen (secondary N) is 2. The van der Waals surface area contributed by atoms with Crippen LogP contribution in [-0.4, -0.2) is 43.7 Å². The van der Waals surface area contributed by atoms with E-state index in [4.69, 9.17) is 0 Å². The zero-order valence-corrected chi connectivity index (χ0v) is 20.0.